The van der Waals surface area contributed by atoms with Crippen LogP contribution in [0.2, 0.25) is 0 Å². The van der Waals surface area contributed by atoms with E-state index in [0.717, 1.165) is 22.9 Å². The highest BCUT2D eigenvalue weighted by molar-refractivity contribution is 7.99. The van der Waals surface area contributed by atoms with Crippen LogP contribution < -0.4 is 10.2 Å². The molecule has 158 valence electrons. The standard InChI is InChI=1S/C23H25N3O2S.ClH/c1-16(15-25(2)3)26-19-8-4-5-9-21(19)29-22-11-10-17(13-20(22)26)23(27)24-14-18-7-6-12-28-18;/h4-13,16H,14-15H2,1-3H3,(H,24,27);1H/t16-;/m1./s1. The van der Waals surface area contributed by atoms with Crippen molar-refractivity contribution in [1.29, 1.82) is 0 Å². The Hall–Kier alpha value is -2.41. The van der Waals surface area contributed by atoms with Crippen LogP contribution in [0.4, 0.5) is 11.4 Å². The lowest BCUT2D eigenvalue weighted by molar-refractivity contribution is 0.0948. The summed E-state index contributed by atoms with van der Waals surface area (Å²) in [7, 11) is 4.17. The molecule has 4 rings (SSSR count). The third-order valence-electron chi connectivity index (χ3n) is 4.90. The van der Waals surface area contributed by atoms with E-state index in [-0.39, 0.29) is 24.4 Å². The van der Waals surface area contributed by atoms with Gasteiger partial charge in [0.2, 0.25) is 0 Å². The molecule has 0 unspecified atom stereocenters. The number of para-hydroxylation sites is 1. The summed E-state index contributed by atoms with van der Waals surface area (Å²) in [5.41, 5.74) is 2.92. The minimum absolute atomic E-state index is 0. The number of rotatable bonds is 6. The topological polar surface area (TPSA) is 48.7 Å². The Morgan fingerprint density at radius 1 is 1.10 bits per heavy atom. The van der Waals surface area contributed by atoms with Gasteiger partial charge in [-0.25, -0.2) is 0 Å². The maximum Gasteiger partial charge on any atom is 0.251 e. The Labute approximate surface area is 187 Å². The van der Waals surface area contributed by atoms with Crippen LogP contribution in [0, 0.1) is 0 Å². The van der Waals surface area contributed by atoms with Crippen molar-refractivity contribution in [2.45, 2.75) is 29.3 Å². The molecule has 1 aliphatic heterocycles. The molecule has 0 spiro atoms. The lowest BCUT2D eigenvalue weighted by Crippen LogP contribution is -2.38. The van der Waals surface area contributed by atoms with E-state index < -0.39 is 0 Å². The summed E-state index contributed by atoms with van der Waals surface area (Å²) in [5.74, 6) is 0.635. The fraction of sp³-hybridized carbons (Fsp3) is 0.261. The third kappa shape index (κ3) is 4.67. The monoisotopic (exact) mass is 443 g/mol. The molecule has 1 N–H and O–H groups in total. The molecule has 5 nitrogen and oxygen atoms in total. The second-order valence-corrected chi connectivity index (χ2v) is 8.58. The quantitative estimate of drug-likeness (QED) is 0.568. The molecule has 0 saturated heterocycles. The van der Waals surface area contributed by atoms with Crippen molar-refractivity contribution in [3.63, 3.8) is 0 Å². The summed E-state index contributed by atoms with van der Waals surface area (Å²) in [6, 6.07) is 18.3. The number of hydrogen-bond donors (Lipinski definition) is 1. The average molecular weight is 444 g/mol. The Kier molecular flexibility index (Phi) is 7.13. The number of carbonyl (C=O) groups is 1. The molecular weight excluding hydrogens is 418 g/mol. The normalized spacial score (nSPS) is 13.3. The molecule has 1 atom stereocenters. The number of amides is 1. The summed E-state index contributed by atoms with van der Waals surface area (Å²) < 4.78 is 5.30. The van der Waals surface area contributed by atoms with Crippen molar-refractivity contribution in [1.82, 2.24) is 10.2 Å². The molecule has 1 amide bonds. The zero-order chi connectivity index (χ0) is 20.4. The summed E-state index contributed by atoms with van der Waals surface area (Å²) in [6.07, 6.45) is 1.61. The molecule has 7 heteroatoms. The predicted octanol–water partition coefficient (Wildman–Crippen LogP) is 5.18. The molecule has 2 aromatic carbocycles. The number of halogens is 1. The van der Waals surface area contributed by atoms with Crippen LogP contribution in [0.15, 0.2) is 75.1 Å². The Balaban J connectivity index is 0.00000256. The number of carbonyl (C=O) groups excluding carboxylic acids is 1. The largest absolute Gasteiger partial charge is 0.467 e. The molecule has 3 aromatic rings. The SMILES string of the molecule is C[C@H](CN(C)C)N1c2ccccc2Sc2ccc(C(=O)NCc3ccco3)cc21.Cl. The Bertz CT molecular complexity index is 1010. The van der Waals surface area contributed by atoms with Gasteiger partial charge < -0.3 is 19.5 Å². The smallest absolute Gasteiger partial charge is 0.251 e. The van der Waals surface area contributed by atoms with Gasteiger partial charge in [0, 0.05) is 27.9 Å². The first-order valence-corrected chi connectivity index (χ1v) is 10.5. The van der Waals surface area contributed by atoms with E-state index in [2.05, 4.69) is 60.4 Å². The highest BCUT2D eigenvalue weighted by Crippen LogP contribution is 2.49. The maximum atomic E-state index is 12.7. The van der Waals surface area contributed by atoms with Gasteiger partial charge in [-0.05, 0) is 63.5 Å². The molecule has 2 heterocycles. The van der Waals surface area contributed by atoms with Crippen molar-refractivity contribution in [3.05, 3.63) is 72.2 Å². The molecule has 0 bridgehead atoms. The van der Waals surface area contributed by atoms with Crippen LogP contribution in [-0.2, 0) is 6.54 Å². The number of furan rings is 1. The van der Waals surface area contributed by atoms with E-state index in [0.29, 0.717) is 12.1 Å². The zero-order valence-corrected chi connectivity index (χ0v) is 18.9. The number of nitrogens with one attached hydrogen (secondary N) is 1. The first-order valence-electron chi connectivity index (χ1n) is 9.68. The van der Waals surface area contributed by atoms with Gasteiger partial charge in [-0.2, -0.15) is 0 Å². The van der Waals surface area contributed by atoms with E-state index in [9.17, 15) is 4.79 Å². The summed E-state index contributed by atoms with van der Waals surface area (Å²) in [6.45, 7) is 3.51. The Morgan fingerprint density at radius 2 is 1.87 bits per heavy atom. The van der Waals surface area contributed by atoms with Crippen LogP contribution in [-0.4, -0.2) is 37.5 Å². The fourth-order valence-electron chi connectivity index (χ4n) is 3.69. The van der Waals surface area contributed by atoms with Gasteiger partial charge in [0.15, 0.2) is 0 Å². The highest BCUT2D eigenvalue weighted by Gasteiger charge is 2.28. The van der Waals surface area contributed by atoms with Crippen molar-refractivity contribution >= 4 is 41.5 Å². The molecule has 1 aromatic heterocycles. The van der Waals surface area contributed by atoms with Crippen molar-refractivity contribution in [3.8, 4) is 0 Å². The minimum atomic E-state index is -0.103. The number of benzene rings is 2. The first kappa shape index (κ1) is 22.3. The number of fused-ring (bicyclic) bond motifs is 2. The summed E-state index contributed by atoms with van der Waals surface area (Å²) >= 11 is 1.75. The Morgan fingerprint density at radius 3 is 2.60 bits per heavy atom. The lowest BCUT2D eigenvalue weighted by Gasteiger charge is -2.38. The number of nitrogens with zero attached hydrogens (tertiary/aromatic N) is 2. The number of anilines is 2. The van der Waals surface area contributed by atoms with Gasteiger partial charge in [-0.1, -0.05) is 23.9 Å². The van der Waals surface area contributed by atoms with Gasteiger partial charge in [-0.15, -0.1) is 12.4 Å². The number of hydrogen-bond acceptors (Lipinski definition) is 5. The van der Waals surface area contributed by atoms with Crippen LogP contribution in [0.3, 0.4) is 0 Å². The van der Waals surface area contributed by atoms with Crippen molar-refractivity contribution < 1.29 is 9.21 Å². The fourth-order valence-corrected chi connectivity index (χ4v) is 4.74. The molecule has 1 aliphatic rings. The molecule has 0 radical (unpaired) electrons. The van der Waals surface area contributed by atoms with E-state index >= 15 is 0 Å². The van der Waals surface area contributed by atoms with E-state index in [1.54, 1.807) is 18.0 Å². The maximum absolute atomic E-state index is 12.7. The molecule has 0 fully saturated rings. The van der Waals surface area contributed by atoms with Gasteiger partial charge in [0.05, 0.1) is 24.2 Å². The first-order chi connectivity index (χ1) is 14.0. The molecule has 0 aliphatic carbocycles. The van der Waals surface area contributed by atoms with Crippen LogP contribution in [0.1, 0.15) is 23.0 Å². The minimum Gasteiger partial charge on any atom is -0.467 e. The van der Waals surface area contributed by atoms with Crippen molar-refractivity contribution in [2.24, 2.45) is 0 Å². The second kappa shape index (κ2) is 9.60. The molecular formula is C23H26ClN3O2S. The zero-order valence-electron chi connectivity index (χ0n) is 17.3. The van der Waals surface area contributed by atoms with Crippen molar-refractivity contribution in [2.75, 3.05) is 25.5 Å². The van der Waals surface area contributed by atoms with Crippen LogP contribution in [0.25, 0.3) is 0 Å². The highest BCUT2D eigenvalue weighted by atomic mass is 35.5. The van der Waals surface area contributed by atoms with Gasteiger partial charge in [-0.3, -0.25) is 4.79 Å². The van der Waals surface area contributed by atoms with Gasteiger partial charge in [0.1, 0.15) is 5.76 Å². The summed E-state index contributed by atoms with van der Waals surface area (Å²) in [5, 5.41) is 2.94. The van der Waals surface area contributed by atoms with Gasteiger partial charge in [0.25, 0.3) is 5.91 Å². The van der Waals surface area contributed by atoms with E-state index in [4.69, 9.17) is 4.42 Å². The lowest BCUT2D eigenvalue weighted by atomic mass is 10.1. The van der Waals surface area contributed by atoms with Gasteiger partial charge >= 0.3 is 0 Å². The number of likely N-dealkylation sites (N-methyl/N-ethyl adjacent to an activating group) is 1. The average Bonchev–Trinajstić information content (AvgIpc) is 3.22. The second-order valence-electron chi connectivity index (χ2n) is 7.50. The van der Waals surface area contributed by atoms with Crippen LogP contribution >= 0.6 is 24.2 Å². The summed E-state index contributed by atoms with van der Waals surface area (Å²) in [4.78, 5) is 19.7. The van der Waals surface area contributed by atoms with E-state index in [1.807, 2.05) is 30.3 Å². The molecule has 0 saturated carbocycles. The van der Waals surface area contributed by atoms with Crippen LogP contribution in [0.5, 0.6) is 0 Å². The van der Waals surface area contributed by atoms with E-state index in [1.165, 1.54) is 10.6 Å². The third-order valence-corrected chi connectivity index (χ3v) is 6.03. The predicted molar refractivity (Wildman–Crippen MR) is 124 cm³/mol. The molecule has 30 heavy (non-hydrogen) atoms.